The van der Waals surface area contributed by atoms with Gasteiger partial charge in [-0.1, -0.05) is 36.4 Å². The summed E-state index contributed by atoms with van der Waals surface area (Å²) in [5.74, 6) is 0. The molecular weight excluding hydrogens is 500 g/mol. The van der Waals surface area contributed by atoms with Gasteiger partial charge in [0.25, 0.3) is 0 Å². The van der Waals surface area contributed by atoms with Gasteiger partial charge in [0.15, 0.2) is 0 Å². The van der Waals surface area contributed by atoms with Crippen LogP contribution in [0.1, 0.15) is 0 Å². The van der Waals surface area contributed by atoms with Gasteiger partial charge in [-0.3, -0.25) is 29.9 Å². The molecule has 0 saturated heterocycles. The summed E-state index contributed by atoms with van der Waals surface area (Å²) in [6, 6.07) is 34.8. The van der Waals surface area contributed by atoms with E-state index < -0.39 is 0 Å². The third kappa shape index (κ3) is 8.85. The SMILES string of the molecule is [Fe+3].c1ccc(-c2ccccn2)nc1.c1ccc(-c2ccccn2)nc1.c1ccc(-c2ccccn2)nc1. The Morgan fingerprint density at radius 3 is 0.514 bits per heavy atom. The van der Waals surface area contributed by atoms with Crippen LogP contribution in [0.2, 0.25) is 0 Å². The van der Waals surface area contributed by atoms with Crippen LogP contribution in [0.25, 0.3) is 34.2 Å². The molecule has 6 aromatic rings. The van der Waals surface area contributed by atoms with Crippen molar-refractivity contribution >= 4 is 0 Å². The molecule has 7 heteroatoms. The second-order valence-corrected chi connectivity index (χ2v) is 7.29. The average Bonchev–Trinajstić information content (AvgIpc) is 3.01. The van der Waals surface area contributed by atoms with Crippen LogP contribution in [0.4, 0.5) is 0 Å². The number of nitrogens with zero attached hydrogens (tertiary/aromatic N) is 6. The maximum atomic E-state index is 4.19. The fourth-order valence-corrected chi connectivity index (χ4v) is 3.09. The summed E-state index contributed by atoms with van der Waals surface area (Å²) in [4.78, 5) is 25.1. The summed E-state index contributed by atoms with van der Waals surface area (Å²) >= 11 is 0. The molecule has 6 aromatic heterocycles. The minimum absolute atomic E-state index is 0. The number of pyridine rings is 6. The van der Waals surface area contributed by atoms with Gasteiger partial charge in [0.2, 0.25) is 0 Å². The Bertz CT molecular complexity index is 1100. The van der Waals surface area contributed by atoms with Gasteiger partial charge >= 0.3 is 17.1 Å². The molecule has 6 nitrogen and oxygen atoms in total. The molecule has 0 spiro atoms. The maximum Gasteiger partial charge on any atom is 3.00 e. The monoisotopic (exact) mass is 524 g/mol. The van der Waals surface area contributed by atoms with Crippen molar-refractivity contribution in [2.45, 2.75) is 0 Å². The van der Waals surface area contributed by atoms with Crippen LogP contribution < -0.4 is 0 Å². The van der Waals surface area contributed by atoms with E-state index in [0.29, 0.717) is 0 Å². The van der Waals surface area contributed by atoms with E-state index in [1.165, 1.54) is 0 Å². The Morgan fingerprint density at radius 1 is 0.243 bits per heavy atom. The van der Waals surface area contributed by atoms with Crippen molar-refractivity contribution in [3.63, 3.8) is 0 Å². The van der Waals surface area contributed by atoms with E-state index in [4.69, 9.17) is 0 Å². The topological polar surface area (TPSA) is 77.3 Å². The quantitative estimate of drug-likeness (QED) is 0.249. The minimum atomic E-state index is 0. The van der Waals surface area contributed by atoms with Crippen molar-refractivity contribution in [1.29, 1.82) is 0 Å². The first-order valence-electron chi connectivity index (χ1n) is 11.4. The molecule has 0 saturated carbocycles. The van der Waals surface area contributed by atoms with E-state index in [1.807, 2.05) is 109 Å². The van der Waals surface area contributed by atoms with Gasteiger partial charge < -0.3 is 0 Å². The second-order valence-electron chi connectivity index (χ2n) is 7.29. The molecule has 6 rings (SSSR count). The zero-order valence-electron chi connectivity index (χ0n) is 19.9. The second kappa shape index (κ2) is 15.4. The van der Waals surface area contributed by atoms with Gasteiger partial charge in [-0.05, 0) is 72.8 Å². The van der Waals surface area contributed by atoms with Gasteiger partial charge in [0.05, 0.1) is 34.2 Å². The molecule has 0 aliphatic carbocycles. The van der Waals surface area contributed by atoms with E-state index in [2.05, 4.69) is 29.9 Å². The summed E-state index contributed by atoms with van der Waals surface area (Å²) in [5.41, 5.74) is 5.49. The number of aromatic nitrogens is 6. The van der Waals surface area contributed by atoms with Gasteiger partial charge in [-0.15, -0.1) is 0 Å². The van der Waals surface area contributed by atoms with Crippen LogP contribution >= 0.6 is 0 Å². The van der Waals surface area contributed by atoms with Crippen molar-refractivity contribution in [2.24, 2.45) is 0 Å². The average molecular weight is 524 g/mol. The number of hydrogen-bond acceptors (Lipinski definition) is 6. The number of hydrogen-bond donors (Lipinski definition) is 0. The molecule has 0 aliphatic heterocycles. The standard InChI is InChI=1S/3C10H8N2.Fe/c3*1-3-7-11-9(5-1)10-6-2-4-8-12-10;/h3*1-8H;/q;;;+3. The van der Waals surface area contributed by atoms with Gasteiger partial charge in [0.1, 0.15) is 0 Å². The first-order valence-corrected chi connectivity index (χ1v) is 11.4. The Morgan fingerprint density at radius 2 is 0.405 bits per heavy atom. The summed E-state index contributed by atoms with van der Waals surface area (Å²) in [6.07, 6.45) is 10.6. The molecule has 0 amide bonds. The van der Waals surface area contributed by atoms with Crippen LogP contribution in [0.3, 0.4) is 0 Å². The van der Waals surface area contributed by atoms with Crippen LogP contribution in [-0.2, 0) is 17.1 Å². The van der Waals surface area contributed by atoms with E-state index in [9.17, 15) is 0 Å². The van der Waals surface area contributed by atoms with Crippen LogP contribution in [0.15, 0.2) is 146 Å². The van der Waals surface area contributed by atoms with Crippen LogP contribution in [-0.4, -0.2) is 29.9 Å². The van der Waals surface area contributed by atoms with Gasteiger partial charge in [-0.2, -0.15) is 0 Å². The zero-order valence-corrected chi connectivity index (χ0v) is 21.0. The smallest absolute Gasteiger partial charge is 0.255 e. The molecule has 37 heavy (non-hydrogen) atoms. The maximum absolute atomic E-state index is 4.19. The molecule has 0 aliphatic rings. The van der Waals surface area contributed by atoms with E-state index >= 15 is 0 Å². The van der Waals surface area contributed by atoms with Crippen molar-refractivity contribution in [2.75, 3.05) is 0 Å². The fourth-order valence-electron chi connectivity index (χ4n) is 3.09. The Labute approximate surface area is 227 Å². The fraction of sp³-hybridized carbons (Fsp3) is 0. The normalized spacial score (nSPS) is 9.41. The first-order chi connectivity index (χ1) is 17.9. The van der Waals surface area contributed by atoms with E-state index in [1.54, 1.807) is 37.2 Å². The molecule has 179 valence electrons. The zero-order chi connectivity index (χ0) is 24.7. The third-order valence-electron chi connectivity index (χ3n) is 4.78. The molecule has 1 radical (unpaired) electrons. The van der Waals surface area contributed by atoms with Crippen molar-refractivity contribution in [3.8, 4) is 34.2 Å². The molecule has 0 N–H and O–H groups in total. The summed E-state index contributed by atoms with van der Waals surface area (Å²) in [6.45, 7) is 0. The molecule has 0 atom stereocenters. The molecule has 0 fully saturated rings. The predicted octanol–water partition coefficient (Wildman–Crippen LogP) is 6.43. The third-order valence-corrected chi connectivity index (χ3v) is 4.78. The number of rotatable bonds is 3. The molecular formula is C30H24FeN6+3. The summed E-state index contributed by atoms with van der Waals surface area (Å²) < 4.78 is 0. The Balaban J connectivity index is 0.000000152. The molecule has 0 bridgehead atoms. The first kappa shape index (κ1) is 27.0. The van der Waals surface area contributed by atoms with Crippen molar-refractivity contribution in [1.82, 2.24) is 29.9 Å². The van der Waals surface area contributed by atoms with Crippen molar-refractivity contribution in [3.05, 3.63) is 146 Å². The van der Waals surface area contributed by atoms with Crippen molar-refractivity contribution < 1.29 is 17.1 Å². The predicted molar refractivity (Wildman–Crippen MR) is 142 cm³/mol. The molecule has 0 aromatic carbocycles. The summed E-state index contributed by atoms with van der Waals surface area (Å²) in [5, 5.41) is 0. The van der Waals surface area contributed by atoms with E-state index in [0.717, 1.165) is 34.2 Å². The summed E-state index contributed by atoms with van der Waals surface area (Å²) in [7, 11) is 0. The van der Waals surface area contributed by atoms with Crippen LogP contribution in [0, 0.1) is 0 Å². The van der Waals surface area contributed by atoms with Crippen LogP contribution in [0.5, 0.6) is 0 Å². The minimum Gasteiger partial charge on any atom is -0.255 e. The van der Waals surface area contributed by atoms with Gasteiger partial charge in [0, 0.05) is 37.2 Å². The Hall–Kier alpha value is -4.58. The molecule has 0 unspecified atom stereocenters. The largest absolute Gasteiger partial charge is 3.00 e. The van der Waals surface area contributed by atoms with E-state index in [-0.39, 0.29) is 17.1 Å². The van der Waals surface area contributed by atoms with Gasteiger partial charge in [-0.25, -0.2) is 0 Å². The molecule has 6 heterocycles. The Kier molecular flexibility index (Phi) is 11.3.